The lowest BCUT2D eigenvalue weighted by molar-refractivity contribution is -0.113. The fourth-order valence-electron chi connectivity index (χ4n) is 1.58. The number of halogens is 1. The Morgan fingerprint density at radius 2 is 1.90 bits per heavy atom. The summed E-state index contributed by atoms with van der Waals surface area (Å²) in [5.41, 5.74) is 0.685. The van der Waals surface area contributed by atoms with Gasteiger partial charge in [-0.3, -0.25) is 4.79 Å². The second kappa shape index (κ2) is 6.96. The van der Waals surface area contributed by atoms with Crippen molar-refractivity contribution < 1.29 is 13.9 Å². The third kappa shape index (κ3) is 3.99. The Kier molecular flexibility index (Phi) is 5.01. The highest BCUT2D eigenvalue weighted by atomic mass is 32.2. The monoisotopic (exact) mass is 291 g/mol. The summed E-state index contributed by atoms with van der Waals surface area (Å²) in [7, 11) is 1.58. The topological polar surface area (TPSA) is 38.3 Å². The molecular weight excluding hydrogens is 277 g/mol. The van der Waals surface area contributed by atoms with Gasteiger partial charge in [-0.05, 0) is 36.4 Å². The Labute approximate surface area is 121 Å². The van der Waals surface area contributed by atoms with Crippen molar-refractivity contribution in [2.75, 3.05) is 18.2 Å². The third-order valence-corrected chi connectivity index (χ3v) is 3.62. The lowest BCUT2D eigenvalue weighted by atomic mass is 10.3. The summed E-state index contributed by atoms with van der Waals surface area (Å²) in [5.74, 6) is 0.398. The molecule has 0 fully saturated rings. The molecule has 0 aromatic heterocycles. The van der Waals surface area contributed by atoms with E-state index in [-0.39, 0.29) is 17.5 Å². The van der Waals surface area contributed by atoms with E-state index >= 15 is 0 Å². The molecule has 0 spiro atoms. The molecule has 0 heterocycles. The normalized spacial score (nSPS) is 10.1. The maximum absolute atomic E-state index is 13.4. The first kappa shape index (κ1) is 14.4. The van der Waals surface area contributed by atoms with Crippen molar-refractivity contribution in [2.45, 2.75) is 4.90 Å². The van der Waals surface area contributed by atoms with Crippen LogP contribution in [0.3, 0.4) is 0 Å². The molecule has 0 atom stereocenters. The predicted octanol–water partition coefficient (Wildman–Crippen LogP) is 3.57. The van der Waals surface area contributed by atoms with Crippen LogP contribution < -0.4 is 10.1 Å². The molecule has 2 aromatic rings. The molecule has 0 radical (unpaired) electrons. The maximum Gasteiger partial charge on any atom is 0.234 e. The van der Waals surface area contributed by atoms with Gasteiger partial charge in [0.05, 0.1) is 12.9 Å². The van der Waals surface area contributed by atoms with Gasteiger partial charge in [0.2, 0.25) is 5.91 Å². The van der Waals surface area contributed by atoms with Gasteiger partial charge in [0.25, 0.3) is 0 Å². The highest BCUT2D eigenvalue weighted by Crippen LogP contribution is 2.21. The van der Waals surface area contributed by atoms with Crippen LogP contribution in [0.1, 0.15) is 0 Å². The molecule has 0 aliphatic rings. The number of amides is 1. The fraction of sp³-hybridized carbons (Fsp3) is 0.133. The standard InChI is InChI=1S/C15H14FNO2S/c1-19-12-8-6-11(7-9-12)17-15(18)10-20-14-5-3-2-4-13(14)16/h2-9H,10H2,1H3,(H,17,18). The Balaban J connectivity index is 1.87. The fourth-order valence-corrected chi connectivity index (χ4v) is 2.32. The third-order valence-electron chi connectivity index (χ3n) is 2.57. The molecule has 0 aliphatic carbocycles. The predicted molar refractivity (Wildman–Crippen MR) is 78.7 cm³/mol. The molecule has 3 nitrogen and oxygen atoms in total. The quantitative estimate of drug-likeness (QED) is 0.856. The number of methoxy groups -OCH3 is 1. The second-order valence-electron chi connectivity index (χ2n) is 4.00. The first-order valence-electron chi connectivity index (χ1n) is 6.00. The highest BCUT2D eigenvalue weighted by molar-refractivity contribution is 8.00. The smallest absolute Gasteiger partial charge is 0.234 e. The van der Waals surface area contributed by atoms with Crippen LogP contribution in [-0.2, 0) is 4.79 Å². The molecule has 20 heavy (non-hydrogen) atoms. The molecule has 2 rings (SSSR count). The van der Waals surface area contributed by atoms with Gasteiger partial charge in [-0.25, -0.2) is 4.39 Å². The summed E-state index contributed by atoms with van der Waals surface area (Å²) >= 11 is 1.17. The van der Waals surface area contributed by atoms with Crippen molar-refractivity contribution in [1.82, 2.24) is 0 Å². The van der Waals surface area contributed by atoms with Crippen LogP contribution in [0.25, 0.3) is 0 Å². The average molecular weight is 291 g/mol. The Bertz CT molecular complexity index is 587. The second-order valence-corrected chi connectivity index (χ2v) is 5.01. The van der Waals surface area contributed by atoms with Gasteiger partial charge in [-0.15, -0.1) is 11.8 Å². The van der Waals surface area contributed by atoms with E-state index in [0.29, 0.717) is 10.6 Å². The SMILES string of the molecule is COc1ccc(NC(=O)CSc2ccccc2F)cc1. The summed E-state index contributed by atoms with van der Waals surface area (Å²) in [5, 5.41) is 2.75. The molecule has 1 N–H and O–H groups in total. The molecule has 0 saturated carbocycles. The Hall–Kier alpha value is -2.01. The average Bonchev–Trinajstić information content (AvgIpc) is 2.47. The lowest BCUT2D eigenvalue weighted by Crippen LogP contribution is -2.13. The Morgan fingerprint density at radius 1 is 1.20 bits per heavy atom. The van der Waals surface area contributed by atoms with E-state index in [4.69, 9.17) is 4.74 Å². The summed E-state index contributed by atoms with van der Waals surface area (Å²) in [6.07, 6.45) is 0. The molecule has 0 bridgehead atoms. The van der Waals surface area contributed by atoms with Crippen LogP contribution in [0.2, 0.25) is 0 Å². The van der Waals surface area contributed by atoms with Crippen molar-refractivity contribution in [1.29, 1.82) is 0 Å². The lowest BCUT2D eigenvalue weighted by Gasteiger charge is -2.06. The zero-order valence-electron chi connectivity index (χ0n) is 10.9. The number of rotatable bonds is 5. The minimum absolute atomic E-state index is 0.160. The van der Waals surface area contributed by atoms with Gasteiger partial charge >= 0.3 is 0 Å². The van der Waals surface area contributed by atoms with Crippen LogP contribution in [0, 0.1) is 5.82 Å². The maximum atomic E-state index is 13.4. The number of carbonyl (C=O) groups is 1. The van der Waals surface area contributed by atoms with E-state index in [2.05, 4.69) is 5.32 Å². The van der Waals surface area contributed by atoms with Crippen LogP contribution in [0.5, 0.6) is 5.75 Å². The summed E-state index contributed by atoms with van der Waals surface area (Å²) < 4.78 is 18.4. The van der Waals surface area contributed by atoms with Gasteiger partial charge in [0.15, 0.2) is 0 Å². The summed E-state index contributed by atoms with van der Waals surface area (Å²) in [6, 6.07) is 13.4. The Morgan fingerprint density at radius 3 is 2.55 bits per heavy atom. The van der Waals surface area contributed by atoms with Crippen molar-refractivity contribution in [2.24, 2.45) is 0 Å². The molecule has 0 saturated heterocycles. The minimum Gasteiger partial charge on any atom is -0.497 e. The number of ether oxygens (including phenoxy) is 1. The van der Waals surface area contributed by atoms with Gasteiger partial charge in [0, 0.05) is 10.6 Å². The zero-order valence-corrected chi connectivity index (χ0v) is 11.7. The van der Waals surface area contributed by atoms with Crippen molar-refractivity contribution in [3.63, 3.8) is 0 Å². The number of hydrogen-bond acceptors (Lipinski definition) is 3. The number of anilines is 1. The van der Waals surface area contributed by atoms with Gasteiger partial charge in [-0.1, -0.05) is 12.1 Å². The van der Waals surface area contributed by atoms with E-state index < -0.39 is 0 Å². The van der Waals surface area contributed by atoms with Crippen LogP contribution in [0.15, 0.2) is 53.4 Å². The first-order chi connectivity index (χ1) is 9.69. The number of benzene rings is 2. The number of hydrogen-bond donors (Lipinski definition) is 1. The zero-order chi connectivity index (χ0) is 14.4. The minimum atomic E-state index is -0.310. The molecule has 0 aliphatic heterocycles. The first-order valence-corrected chi connectivity index (χ1v) is 6.99. The van der Waals surface area contributed by atoms with Gasteiger partial charge in [0.1, 0.15) is 11.6 Å². The molecule has 2 aromatic carbocycles. The van der Waals surface area contributed by atoms with Crippen LogP contribution in [0.4, 0.5) is 10.1 Å². The van der Waals surface area contributed by atoms with Crippen molar-refractivity contribution in [3.8, 4) is 5.75 Å². The summed E-state index contributed by atoms with van der Waals surface area (Å²) in [4.78, 5) is 12.2. The van der Waals surface area contributed by atoms with Gasteiger partial charge in [-0.2, -0.15) is 0 Å². The van der Waals surface area contributed by atoms with E-state index in [0.717, 1.165) is 5.75 Å². The van der Waals surface area contributed by atoms with Crippen LogP contribution >= 0.6 is 11.8 Å². The number of thioether (sulfide) groups is 1. The van der Waals surface area contributed by atoms with Crippen molar-refractivity contribution >= 4 is 23.4 Å². The van der Waals surface area contributed by atoms with Crippen LogP contribution in [-0.4, -0.2) is 18.8 Å². The molecule has 1 amide bonds. The van der Waals surface area contributed by atoms with E-state index in [1.54, 1.807) is 49.6 Å². The molecular formula is C15H14FNO2S. The van der Waals surface area contributed by atoms with Crippen molar-refractivity contribution in [3.05, 3.63) is 54.3 Å². The number of carbonyl (C=O) groups excluding carboxylic acids is 1. The largest absolute Gasteiger partial charge is 0.497 e. The van der Waals surface area contributed by atoms with E-state index in [1.807, 2.05) is 0 Å². The van der Waals surface area contributed by atoms with Gasteiger partial charge < -0.3 is 10.1 Å². The highest BCUT2D eigenvalue weighted by Gasteiger charge is 2.06. The molecule has 5 heteroatoms. The van der Waals surface area contributed by atoms with E-state index in [9.17, 15) is 9.18 Å². The molecule has 104 valence electrons. The summed E-state index contributed by atoms with van der Waals surface area (Å²) in [6.45, 7) is 0. The molecule has 0 unspecified atom stereocenters. The van der Waals surface area contributed by atoms with E-state index in [1.165, 1.54) is 17.8 Å². The number of nitrogens with one attached hydrogen (secondary N) is 1.